The third-order valence-corrected chi connectivity index (χ3v) is 3.23. The maximum absolute atomic E-state index is 13.4. The fourth-order valence-electron chi connectivity index (χ4n) is 2.23. The van der Waals surface area contributed by atoms with Gasteiger partial charge in [-0.15, -0.1) is 5.10 Å². The van der Waals surface area contributed by atoms with E-state index < -0.39 is 0 Å². The second kappa shape index (κ2) is 5.17. The quantitative estimate of drug-likeness (QED) is 0.723. The Labute approximate surface area is 121 Å². The predicted octanol–water partition coefficient (Wildman–Crippen LogP) is 3.25. The van der Waals surface area contributed by atoms with Gasteiger partial charge in [0, 0.05) is 5.56 Å². The average molecular weight is 278 g/mol. The second-order valence-electron chi connectivity index (χ2n) is 4.61. The number of aromatic nitrogens is 3. The maximum Gasteiger partial charge on any atom is 0.191 e. The van der Waals surface area contributed by atoms with Crippen LogP contribution in [0.25, 0.3) is 16.9 Å². The summed E-state index contributed by atoms with van der Waals surface area (Å²) in [6.07, 6.45) is 0. The van der Waals surface area contributed by atoms with E-state index in [1.165, 1.54) is 16.8 Å². The van der Waals surface area contributed by atoms with E-state index in [9.17, 15) is 9.65 Å². The number of hydrogen-bond donors (Lipinski definition) is 0. The maximum atomic E-state index is 13.4. The molecule has 0 saturated carbocycles. The smallest absolute Gasteiger partial charge is 0.191 e. The van der Waals surface area contributed by atoms with Gasteiger partial charge in [0.25, 0.3) is 0 Å². The van der Waals surface area contributed by atoms with Crippen LogP contribution in [0.1, 0.15) is 11.3 Å². The van der Waals surface area contributed by atoms with E-state index in [4.69, 9.17) is 0 Å². The van der Waals surface area contributed by atoms with E-state index in [-0.39, 0.29) is 11.5 Å². The van der Waals surface area contributed by atoms with Crippen LogP contribution in [0.3, 0.4) is 0 Å². The molecule has 102 valence electrons. The Morgan fingerprint density at radius 1 is 1.14 bits per heavy atom. The minimum Gasteiger partial charge on any atom is -0.211 e. The topological polar surface area (TPSA) is 54.5 Å². The molecule has 0 atom stereocenters. The number of aryl methyl sites for hydroxylation is 1. The van der Waals surface area contributed by atoms with Gasteiger partial charge in [-0.2, -0.15) is 5.26 Å². The Kier molecular flexibility index (Phi) is 3.20. The first kappa shape index (κ1) is 13.0. The Bertz CT molecular complexity index is 845. The van der Waals surface area contributed by atoms with Gasteiger partial charge in [0.15, 0.2) is 5.69 Å². The van der Waals surface area contributed by atoms with E-state index in [1.54, 1.807) is 12.1 Å². The van der Waals surface area contributed by atoms with Crippen molar-refractivity contribution in [2.24, 2.45) is 0 Å². The van der Waals surface area contributed by atoms with Crippen molar-refractivity contribution in [2.75, 3.05) is 0 Å². The van der Waals surface area contributed by atoms with Crippen molar-refractivity contribution in [2.45, 2.75) is 6.92 Å². The molecule has 0 unspecified atom stereocenters. The zero-order valence-corrected chi connectivity index (χ0v) is 11.3. The number of halogens is 1. The van der Waals surface area contributed by atoms with E-state index >= 15 is 0 Å². The van der Waals surface area contributed by atoms with Gasteiger partial charge in [-0.05, 0) is 30.7 Å². The third kappa shape index (κ3) is 2.28. The Hall–Kier alpha value is -3.00. The first-order valence-corrected chi connectivity index (χ1v) is 6.38. The fraction of sp³-hybridized carbons (Fsp3) is 0.0625. The number of benzene rings is 2. The van der Waals surface area contributed by atoms with Crippen LogP contribution >= 0.6 is 0 Å². The SMILES string of the molecule is Cc1ccccc1-c1c(C#N)nnn1-c1cccc(F)c1. The largest absolute Gasteiger partial charge is 0.211 e. The molecule has 0 fully saturated rings. The summed E-state index contributed by atoms with van der Waals surface area (Å²) in [4.78, 5) is 0. The highest BCUT2D eigenvalue weighted by Gasteiger charge is 2.17. The van der Waals surface area contributed by atoms with E-state index in [1.807, 2.05) is 37.3 Å². The van der Waals surface area contributed by atoms with Gasteiger partial charge in [-0.3, -0.25) is 0 Å². The molecule has 2 aromatic carbocycles. The molecule has 1 aromatic heterocycles. The summed E-state index contributed by atoms with van der Waals surface area (Å²) >= 11 is 0. The summed E-state index contributed by atoms with van der Waals surface area (Å²) < 4.78 is 14.9. The predicted molar refractivity (Wildman–Crippen MR) is 76.2 cm³/mol. The lowest BCUT2D eigenvalue weighted by atomic mass is 10.0. The second-order valence-corrected chi connectivity index (χ2v) is 4.61. The zero-order chi connectivity index (χ0) is 14.8. The van der Waals surface area contributed by atoms with Crippen LogP contribution in [-0.4, -0.2) is 15.0 Å². The van der Waals surface area contributed by atoms with E-state index in [0.717, 1.165) is 11.1 Å². The molecule has 0 spiro atoms. The van der Waals surface area contributed by atoms with Crippen LogP contribution in [-0.2, 0) is 0 Å². The highest BCUT2D eigenvalue weighted by Crippen LogP contribution is 2.27. The van der Waals surface area contributed by atoms with Gasteiger partial charge < -0.3 is 0 Å². The van der Waals surface area contributed by atoms with Crippen molar-refractivity contribution in [3.8, 4) is 23.0 Å². The monoisotopic (exact) mass is 278 g/mol. The summed E-state index contributed by atoms with van der Waals surface area (Å²) in [5.41, 5.74) is 3.16. The molecule has 0 aliphatic rings. The molecular weight excluding hydrogens is 267 g/mol. The molecule has 0 N–H and O–H groups in total. The molecule has 1 heterocycles. The molecule has 21 heavy (non-hydrogen) atoms. The summed E-state index contributed by atoms with van der Waals surface area (Å²) in [6, 6.07) is 15.7. The first-order valence-electron chi connectivity index (χ1n) is 6.38. The molecule has 3 rings (SSSR count). The summed E-state index contributed by atoms with van der Waals surface area (Å²) in [5, 5.41) is 17.1. The van der Waals surface area contributed by atoms with Crippen LogP contribution in [0.15, 0.2) is 48.5 Å². The van der Waals surface area contributed by atoms with Gasteiger partial charge in [0.05, 0.1) is 5.69 Å². The van der Waals surface area contributed by atoms with Gasteiger partial charge in [0.1, 0.15) is 17.6 Å². The van der Waals surface area contributed by atoms with Crippen molar-refractivity contribution < 1.29 is 4.39 Å². The molecule has 0 aliphatic carbocycles. The van der Waals surface area contributed by atoms with Crippen molar-refractivity contribution in [1.82, 2.24) is 15.0 Å². The van der Waals surface area contributed by atoms with Crippen LogP contribution < -0.4 is 0 Å². The average Bonchev–Trinajstić information content (AvgIpc) is 2.91. The molecule has 0 bridgehead atoms. The zero-order valence-electron chi connectivity index (χ0n) is 11.3. The van der Waals surface area contributed by atoms with Gasteiger partial charge in [0.2, 0.25) is 0 Å². The Morgan fingerprint density at radius 2 is 1.95 bits per heavy atom. The van der Waals surface area contributed by atoms with E-state index in [2.05, 4.69) is 10.3 Å². The lowest BCUT2D eigenvalue weighted by molar-refractivity contribution is 0.625. The van der Waals surface area contributed by atoms with E-state index in [0.29, 0.717) is 11.4 Å². The first-order chi connectivity index (χ1) is 10.2. The highest BCUT2D eigenvalue weighted by molar-refractivity contribution is 5.70. The van der Waals surface area contributed by atoms with Crippen molar-refractivity contribution >= 4 is 0 Å². The number of nitrogens with zero attached hydrogens (tertiary/aromatic N) is 4. The third-order valence-electron chi connectivity index (χ3n) is 3.23. The summed E-state index contributed by atoms with van der Waals surface area (Å²) in [6.45, 7) is 1.94. The van der Waals surface area contributed by atoms with Crippen LogP contribution in [0, 0.1) is 24.1 Å². The molecule has 4 nitrogen and oxygen atoms in total. The normalized spacial score (nSPS) is 10.3. The minimum absolute atomic E-state index is 0.216. The number of nitriles is 1. The fourth-order valence-corrected chi connectivity index (χ4v) is 2.23. The van der Waals surface area contributed by atoms with Crippen LogP contribution in [0.2, 0.25) is 0 Å². The molecule has 3 aromatic rings. The lowest BCUT2D eigenvalue weighted by Crippen LogP contribution is -2.01. The van der Waals surface area contributed by atoms with Crippen LogP contribution in [0.5, 0.6) is 0 Å². The molecule has 0 radical (unpaired) electrons. The van der Waals surface area contributed by atoms with Gasteiger partial charge in [-0.1, -0.05) is 35.5 Å². The van der Waals surface area contributed by atoms with Gasteiger partial charge >= 0.3 is 0 Å². The lowest BCUT2D eigenvalue weighted by Gasteiger charge is -2.09. The number of rotatable bonds is 2. The van der Waals surface area contributed by atoms with Gasteiger partial charge in [-0.25, -0.2) is 9.07 Å². The van der Waals surface area contributed by atoms with Crippen molar-refractivity contribution in [3.05, 3.63) is 65.6 Å². The van der Waals surface area contributed by atoms with Crippen molar-refractivity contribution in [1.29, 1.82) is 5.26 Å². The number of hydrogen-bond acceptors (Lipinski definition) is 3. The standard InChI is InChI=1S/C16H11FN4/c1-11-5-2-3-8-14(11)16-15(10-18)19-20-21(16)13-7-4-6-12(17)9-13/h2-9H,1H3. The highest BCUT2D eigenvalue weighted by atomic mass is 19.1. The summed E-state index contributed by atoms with van der Waals surface area (Å²) in [5.74, 6) is -0.364. The summed E-state index contributed by atoms with van der Waals surface area (Å²) in [7, 11) is 0. The Morgan fingerprint density at radius 3 is 2.67 bits per heavy atom. The molecule has 5 heteroatoms. The van der Waals surface area contributed by atoms with Crippen LogP contribution in [0.4, 0.5) is 4.39 Å². The molecule has 0 aliphatic heterocycles. The molecule has 0 amide bonds. The Balaban J connectivity index is 2.28. The molecular formula is C16H11FN4. The van der Waals surface area contributed by atoms with Crippen molar-refractivity contribution in [3.63, 3.8) is 0 Å². The molecule has 0 saturated heterocycles. The minimum atomic E-state index is -0.364.